The van der Waals surface area contributed by atoms with Gasteiger partial charge in [0.1, 0.15) is 12.1 Å². The van der Waals surface area contributed by atoms with Crippen LogP contribution in [0.2, 0.25) is 0 Å². The van der Waals surface area contributed by atoms with E-state index in [0.717, 1.165) is 55.9 Å². The largest absolute Gasteiger partial charge is 0.356 e. The van der Waals surface area contributed by atoms with Crippen molar-refractivity contribution < 1.29 is 0 Å². The predicted octanol–water partition coefficient (Wildman–Crippen LogP) is 2.50. The summed E-state index contributed by atoms with van der Waals surface area (Å²) in [5.74, 6) is 2.57. The van der Waals surface area contributed by atoms with E-state index < -0.39 is 0 Å². The van der Waals surface area contributed by atoms with Crippen LogP contribution in [-0.2, 0) is 6.42 Å². The first-order valence-electron chi connectivity index (χ1n) is 7.95. The Bertz CT molecular complexity index is 405. The van der Waals surface area contributed by atoms with Crippen molar-refractivity contribution in [3.8, 4) is 0 Å². The quantitative estimate of drug-likeness (QED) is 0.867. The van der Waals surface area contributed by atoms with Crippen LogP contribution < -0.4 is 10.2 Å². The maximum Gasteiger partial charge on any atom is 0.132 e. The highest BCUT2D eigenvalue weighted by Gasteiger charge is 2.20. The molecule has 20 heavy (non-hydrogen) atoms. The lowest BCUT2D eigenvalue weighted by atomic mass is 9.97. The fraction of sp³-hybridized carbons (Fsp3) is 0.750. The monoisotopic (exact) mass is 276 g/mol. The van der Waals surface area contributed by atoms with Gasteiger partial charge >= 0.3 is 0 Å². The summed E-state index contributed by atoms with van der Waals surface area (Å²) in [4.78, 5) is 11.2. The van der Waals surface area contributed by atoms with E-state index in [1.165, 1.54) is 12.8 Å². The molecule has 1 saturated heterocycles. The Labute approximate surface area is 123 Å². The highest BCUT2D eigenvalue weighted by molar-refractivity contribution is 5.39. The molecule has 4 heteroatoms. The van der Waals surface area contributed by atoms with Gasteiger partial charge in [-0.3, -0.25) is 0 Å². The molecule has 0 bridgehead atoms. The summed E-state index contributed by atoms with van der Waals surface area (Å²) in [7, 11) is 0. The van der Waals surface area contributed by atoms with Crippen molar-refractivity contribution in [1.82, 2.24) is 15.3 Å². The molecule has 1 aliphatic rings. The van der Waals surface area contributed by atoms with Gasteiger partial charge in [-0.25, -0.2) is 9.97 Å². The number of aromatic nitrogens is 2. The number of aryl methyl sites for hydroxylation is 1. The molecule has 0 aliphatic carbocycles. The van der Waals surface area contributed by atoms with E-state index >= 15 is 0 Å². The summed E-state index contributed by atoms with van der Waals surface area (Å²) in [6, 6.07) is 2.14. The van der Waals surface area contributed by atoms with Gasteiger partial charge in [0.2, 0.25) is 0 Å². The molecule has 2 heterocycles. The van der Waals surface area contributed by atoms with E-state index in [-0.39, 0.29) is 0 Å². The van der Waals surface area contributed by atoms with Gasteiger partial charge in [-0.2, -0.15) is 0 Å². The lowest BCUT2D eigenvalue weighted by Gasteiger charge is -2.34. The smallest absolute Gasteiger partial charge is 0.132 e. The van der Waals surface area contributed by atoms with Crippen LogP contribution in [0.3, 0.4) is 0 Å². The van der Waals surface area contributed by atoms with Crippen LogP contribution >= 0.6 is 0 Å². The average Bonchev–Trinajstić information content (AvgIpc) is 2.47. The minimum atomic E-state index is 0.726. The fourth-order valence-electron chi connectivity index (χ4n) is 2.77. The number of nitrogens with zero attached hydrogens (tertiary/aromatic N) is 3. The van der Waals surface area contributed by atoms with Gasteiger partial charge in [-0.05, 0) is 44.2 Å². The molecular formula is C16H28N4. The summed E-state index contributed by atoms with van der Waals surface area (Å²) >= 11 is 0. The van der Waals surface area contributed by atoms with E-state index in [1.807, 2.05) is 0 Å². The minimum Gasteiger partial charge on any atom is -0.356 e. The number of anilines is 1. The Morgan fingerprint density at radius 2 is 2.25 bits per heavy atom. The van der Waals surface area contributed by atoms with Gasteiger partial charge in [0.05, 0.1) is 0 Å². The molecule has 1 atom stereocenters. The molecule has 4 nitrogen and oxygen atoms in total. The molecule has 0 aromatic carbocycles. The summed E-state index contributed by atoms with van der Waals surface area (Å²) in [5, 5.41) is 3.59. The lowest BCUT2D eigenvalue weighted by Crippen LogP contribution is -2.40. The van der Waals surface area contributed by atoms with Crippen LogP contribution in [0.1, 0.15) is 39.3 Å². The third-order valence-electron chi connectivity index (χ3n) is 3.90. The highest BCUT2D eigenvalue weighted by atomic mass is 15.2. The van der Waals surface area contributed by atoms with Crippen molar-refractivity contribution in [2.75, 3.05) is 31.1 Å². The van der Waals surface area contributed by atoms with Gasteiger partial charge in [0.25, 0.3) is 0 Å². The number of piperidine rings is 1. The van der Waals surface area contributed by atoms with Crippen LogP contribution in [0, 0.1) is 11.8 Å². The Morgan fingerprint density at radius 1 is 1.40 bits per heavy atom. The molecule has 1 aliphatic heterocycles. The maximum atomic E-state index is 4.45. The van der Waals surface area contributed by atoms with E-state index in [4.69, 9.17) is 0 Å². The van der Waals surface area contributed by atoms with Crippen LogP contribution in [-0.4, -0.2) is 36.1 Å². The molecule has 1 N–H and O–H groups in total. The highest BCUT2D eigenvalue weighted by Crippen LogP contribution is 2.21. The van der Waals surface area contributed by atoms with Crippen LogP contribution in [0.4, 0.5) is 5.82 Å². The third-order valence-corrected chi connectivity index (χ3v) is 3.90. The van der Waals surface area contributed by atoms with Crippen molar-refractivity contribution in [2.24, 2.45) is 11.8 Å². The van der Waals surface area contributed by atoms with Gasteiger partial charge in [0, 0.05) is 24.8 Å². The maximum absolute atomic E-state index is 4.45. The Kier molecular flexibility index (Phi) is 5.77. The lowest BCUT2D eigenvalue weighted by molar-refractivity contribution is 0.381. The fourth-order valence-corrected chi connectivity index (χ4v) is 2.77. The van der Waals surface area contributed by atoms with Gasteiger partial charge < -0.3 is 10.2 Å². The van der Waals surface area contributed by atoms with Crippen molar-refractivity contribution >= 4 is 5.82 Å². The first kappa shape index (κ1) is 15.2. The SMILES string of the molecule is CCc1cc(N2CCCC(CNCC(C)C)C2)ncn1. The van der Waals surface area contributed by atoms with Gasteiger partial charge in [0.15, 0.2) is 0 Å². The second-order valence-electron chi connectivity index (χ2n) is 6.23. The van der Waals surface area contributed by atoms with Crippen LogP contribution in [0.5, 0.6) is 0 Å². The Balaban J connectivity index is 1.89. The predicted molar refractivity (Wildman–Crippen MR) is 84.1 cm³/mol. The van der Waals surface area contributed by atoms with Gasteiger partial charge in [-0.1, -0.05) is 20.8 Å². The number of hydrogen-bond acceptors (Lipinski definition) is 4. The first-order chi connectivity index (χ1) is 9.69. The molecule has 1 unspecified atom stereocenters. The molecule has 112 valence electrons. The van der Waals surface area contributed by atoms with E-state index in [0.29, 0.717) is 0 Å². The molecular weight excluding hydrogens is 248 g/mol. The van der Waals surface area contributed by atoms with Crippen molar-refractivity contribution in [2.45, 2.75) is 40.0 Å². The number of hydrogen-bond donors (Lipinski definition) is 1. The van der Waals surface area contributed by atoms with Crippen molar-refractivity contribution in [3.05, 3.63) is 18.1 Å². The standard InChI is InChI=1S/C16H28N4/c1-4-15-8-16(19-12-18-15)20-7-5-6-14(11-20)10-17-9-13(2)3/h8,12-14,17H,4-7,9-11H2,1-3H3. The van der Waals surface area contributed by atoms with Crippen molar-refractivity contribution in [3.63, 3.8) is 0 Å². The second kappa shape index (κ2) is 7.58. The third kappa shape index (κ3) is 4.44. The summed E-state index contributed by atoms with van der Waals surface area (Å²) in [5.41, 5.74) is 1.13. The molecule has 1 aromatic heterocycles. The summed E-state index contributed by atoms with van der Waals surface area (Å²) in [6.07, 6.45) is 5.27. The summed E-state index contributed by atoms with van der Waals surface area (Å²) < 4.78 is 0. The molecule has 0 spiro atoms. The van der Waals surface area contributed by atoms with E-state index in [9.17, 15) is 0 Å². The zero-order chi connectivity index (χ0) is 14.4. The zero-order valence-corrected chi connectivity index (χ0v) is 13.1. The average molecular weight is 276 g/mol. The Morgan fingerprint density at radius 3 is 3.00 bits per heavy atom. The van der Waals surface area contributed by atoms with Crippen LogP contribution in [0.25, 0.3) is 0 Å². The minimum absolute atomic E-state index is 0.726. The van der Waals surface area contributed by atoms with Crippen molar-refractivity contribution in [1.29, 1.82) is 0 Å². The van der Waals surface area contributed by atoms with Crippen LogP contribution in [0.15, 0.2) is 12.4 Å². The molecule has 1 fully saturated rings. The number of rotatable bonds is 6. The number of nitrogens with one attached hydrogen (secondary N) is 1. The normalized spacial score (nSPS) is 19.6. The second-order valence-corrected chi connectivity index (χ2v) is 6.23. The van der Waals surface area contributed by atoms with E-state index in [1.54, 1.807) is 6.33 Å². The molecule has 0 radical (unpaired) electrons. The van der Waals surface area contributed by atoms with Gasteiger partial charge in [-0.15, -0.1) is 0 Å². The first-order valence-corrected chi connectivity index (χ1v) is 7.95. The molecule has 0 saturated carbocycles. The molecule has 0 amide bonds. The Hall–Kier alpha value is -1.16. The molecule has 1 aromatic rings. The topological polar surface area (TPSA) is 41.0 Å². The van der Waals surface area contributed by atoms with E-state index in [2.05, 4.69) is 47.0 Å². The molecule has 2 rings (SSSR count). The summed E-state index contributed by atoms with van der Waals surface area (Å²) in [6.45, 7) is 11.1. The zero-order valence-electron chi connectivity index (χ0n) is 13.1.